The smallest absolute Gasteiger partial charge is 0.336 e. The van der Waals surface area contributed by atoms with Crippen molar-refractivity contribution in [2.75, 3.05) is 7.11 Å². The number of ether oxygens (including phenoxy) is 1. The van der Waals surface area contributed by atoms with Crippen LogP contribution in [0.1, 0.15) is 11.3 Å². The van der Waals surface area contributed by atoms with Crippen molar-refractivity contribution in [1.29, 1.82) is 0 Å². The Morgan fingerprint density at radius 3 is 2.54 bits per heavy atom. The van der Waals surface area contributed by atoms with Gasteiger partial charge in [-0.25, -0.2) is 14.3 Å². The molecule has 184 valence electrons. The number of benzene rings is 2. The normalized spacial score (nSPS) is 11.5. The summed E-state index contributed by atoms with van der Waals surface area (Å²) in [7, 11) is 3.37. The van der Waals surface area contributed by atoms with Crippen LogP contribution >= 0.6 is 0 Å². The fraction of sp³-hybridized carbons (Fsp3) is 0.143. The van der Waals surface area contributed by atoms with Gasteiger partial charge < -0.3 is 9.30 Å². The molecular weight excluding hydrogens is 470 g/mol. The molecule has 37 heavy (non-hydrogen) atoms. The van der Waals surface area contributed by atoms with Gasteiger partial charge in [0.05, 0.1) is 36.1 Å². The van der Waals surface area contributed by atoms with E-state index in [1.54, 1.807) is 55.3 Å². The number of methoxy groups -OCH3 is 1. The maximum atomic E-state index is 14.1. The third-order valence-electron chi connectivity index (χ3n) is 6.68. The summed E-state index contributed by atoms with van der Waals surface area (Å²) in [6.07, 6.45) is 1.65. The molecule has 0 spiro atoms. The van der Waals surface area contributed by atoms with Gasteiger partial charge in [0.2, 0.25) is 0 Å². The quantitative estimate of drug-likeness (QED) is 0.377. The summed E-state index contributed by atoms with van der Waals surface area (Å²) in [4.78, 5) is 45.3. The standard InChI is InChI=1S/C28H23N5O4/c1-17-7-6-8-19(13-17)33-27(35)26-25(21-15-20(37-3)10-11-22(21)30(26)2)32(28(33)36)16-18-14-24(34)31-12-5-4-9-23(31)29-18/h4-15H,16H2,1-3H3. The zero-order valence-corrected chi connectivity index (χ0v) is 20.5. The molecule has 6 aromatic rings. The zero-order valence-electron chi connectivity index (χ0n) is 20.5. The fourth-order valence-electron chi connectivity index (χ4n) is 4.95. The van der Waals surface area contributed by atoms with Crippen LogP contribution in [0.25, 0.3) is 33.3 Å². The van der Waals surface area contributed by atoms with Crippen molar-refractivity contribution in [3.05, 3.63) is 115 Å². The van der Waals surface area contributed by atoms with E-state index < -0.39 is 11.2 Å². The van der Waals surface area contributed by atoms with Gasteiger partial charge in [-0.3, -0.25) is 18.6 Å². The lowest BCUT2D eigenvalue weighted by molar-refractivity contribution is 0.415. The van der Waals surface area contributed by atoms with Gasteiger partial charge in [-0.05, 0) is 55.0 Å². The number of hydrogen-bond acceptors (Lipinski definition) is 5. The second-order valence-electron chi connectivity index (χ2n) is 9.00. The Balaban J connectivity index is 1.74. The van der Waals surface area contributed by atoms with Crippen LogP contribution in [0.15, 0.2) is 87.3 Å². The third kappa shape index (κ3) is 3.47. The zero-order chi connectivity index (χ0) is 25.8. The van der Waals surface area contributed by atoms with Gasteiger partial charge in [0.25, 0.3) is 11.1 Å². The van der Waals surface area contributed by atoms with Gasteiger partial charge in [-0.2, -0.15) is 0 Å². The van der Waals surface area contributed by atoms with Crippen LogP contribution in [-0.2, 0) is 13.6 Å². The molecule has 0 aliphatic carbocycles. The minimum absolute atomic E-state index is 0.00160. The summed E-state index contributed by atoms with van der Waals surface area (Å²) in [5.41, 5.74) is 2.68. The van der Waals surface area contributed by atoms with Crippen LogP contribution in [0.2, 0.25) is 0 Å². The summed E-state index contributed by atoms with van der Waals surface area (Å²) in [6.45, 7) is 1.90. The minimum Gasteiger partial charge on any atom is -0.497 e. The average Bonchev–Trinajstić information content (AvgIpc) is 3.18. The van der Waals surface area contributed by atoms with E-state index >= 15 is 0 Å². The Hall–Kier alpha value is -4.92. The largest absolute Gasteiger partial charge is 0.497 e. The molecule has 0 fully saturated rings. The maximum Gasteiger partial charge on any atom is 0.336 e. The first-order valence-corrected chi connectivity index (χ1v) is 11.7. The molecule has 2 aromatic carbocycles. The molecule has 0 aliphatic rings. The molecule has 0 unspecified atom stereocenters. The Morgan fingerprint density at radius 2 is 1.76 bits per heavy atom. The topological polar surface area (TPSA) is 92.5 Å². The van der Waals surface area contributed by atoms with Crippen molar-refractivity contribution >= 4 is 27.6 Å². The first-order chi connectivity index (χ1) is 17.9. The monoisotopic (exact) mass is 493 g/mol. The molecule has 0 amide bonds. The number of rotatable bonds is 4. The Labute approximate surface area is 210 Å². The van der Waals surface area contributed by atoms with Crippen LogP contribution < -0.4 is 21.5 Å². The predicted octanol–water partition coefficient (Wildman–Crippen LogP) is 3.02. The van der Waals surface area contributed by atoms with E-state index in [9.17, 15) is 14.4 Å². The van der Waals surface area contributed by atoms with Crippen molar-refractivity contribution in [3.8, 4) is 11.4 Å². The average molecular weight is 494 g/mol. The number of aryl methyl sites for hydroxylation is 2. The van der Waals surface area contributed by atoms with E-state index in [1.807, 2.05) is 37.3 Å². The molecule has 6 rings (SSSR count). The molecule has 0 atom stereocenters. The maximum absolute atomic E-state index is 14.1. The van der Waals surface area contributed by atoms with E-state index in [2.05, 4.69) is 4.98 Å². The van der Waals surface area contributed by atoms with Gasteiger partial charge in [0.1, 0.15) is 16.9 Å². The first-order valence-electron chi connectivity index (χ1n) is 11.7. The van der Waals surface area contributed by atoms with Gasteiger partial charge in [-0.1, -0.05) is 18.2 Å². The molecule has 0 saturated carbocycles. The highest BCUT2D eigenvalue weighted by atomic mass is 16.5. The summed E-state index contributed by atoms with van der Waals surface area (Å²) < 4.78 is 11.4. The number of fused-ring (bicyclic) bond motifs is 4. The van der Waals surface area contributed by atoms with E-state index in [4.69, 9.17) is 4.74 Å². The highest BCUT2D eigenvalue weighted by Gasteiger charge is 2.22. The number of aromatic nitrogens is 5. The Morgan fingerprint density at radius 1 is 0.919 bits per heavy atom. The minimum atomic E-state index is -0.520. The molecule has 9 heteroatoms. The highest BCUT2D eigenvalue weighted by Crippen LogP contribution is 2.29. The molecule has 0 N–H and O–H groups in total. The van der Waals surface area contributed by atoms with E-state index in [0.717, 1.165) is 11.1 Å². The summed E-state index contributed by atoms with van der Waals surface area (Å²) in [6, 6.07) is 19.4. The molecule has 4 heterocycles. The summed E-state index contributed by atoms with van der Waals surface area (Å²) in [5, 5.41) is 0.694. The van der Waals surface area contributed by atoms with Crippen LogP contribution in [0.5, 0.6) is 5.75 Å². The lowest BCUT2D eigenvalue weighted by atomic mass is 10.2. The van der Waals surface area contributed by atoms with Crippen LogP contribution in [-0.4, -0.2) is 30.2 Å². The predicted molar refractivity (Wildman–Crippen MR) is 142 cm³/mol. The van der Waals surface area contributed by atoms with Crippen LogP contribution in [0.3, 0.4) is 0 Å². The van der Waals surface area contributed by atoms with Crippen molar-refractivity contribution in [2.24, 2.45) is 7.05 Å². The summed E-state index contributed by atoms with van der Waals surface area (Å²) >= 11 is 0. The molecule has 9 nitrogen and oxygen atoms in total. The SMILES string of the molecule is COc1ccc2c(c1)c1c(c(=O)n(-c3cccc(C)c3)c(=O)n1Cc1cc(=O)n3ccccc3n1)n2C. The van der Waals surface area contributed by atoms with Gasteiger partial charge in [0, 0.05) is 24.7 Å². The van der Waals surface area contributed by atoms with Crippen LogP contribution in [0.4, 0.5) is 0 Å². The van der Waals surface area contributed by atoms with Crippen molar-refractivity contribution in [1.82, 2.24) is 23.1 Å². The molecule has 0 saturated heterocycles. The van der Waals surface area contributed by atoms with Crippen molar-refractivity contribution in [2.45, 2.75) is 13.5 Å². The van der Waals surface area contributed by atoms with Crippen LogP contribution in [0, 0.1) is 6.92 Å². The Kier molecular flexibility index (Phi) is 5.08. The van der Waals surface area contributed by atoms with E-state index in [0.29, 0.717) is 39.2 Å². The molecular formula is C28H23N5O4. The second-order valence-corrected chi connectivity index (χ2v) is 9.00. The van der Waals surface area contributed by atoms with Gasteiger partial charge in [-0.15, -0.1) is 0 Å². The second kappa shape index (κ2) is 8.34. The fourth-order valence-corrected chi connectivity index (χ4v) is 4.95. The Bertz CT molecular complexity index is 2050. The van der Waals surface area contributed by atoms with Crippen molar-refractivity contribution in [3.63, 3.8) is 0 Å². The highest BCUT2D eigenvalue weighted by molar-refractivity contribution is 6.06. The third-order valence-corrected chi connectivity index (χ3v) is 6.68. The molecule has 0 aliphatic heterocycles. The van der Waals surface area contributed by atoms with Gasteiger partial charge >= 0.3 is 5.69 Å². The number of nitrogens with zero attached hydrogens (tertiary/aromatic N) is 5. The number of hydrogen-bond donors (Lipinski definition) is 0. The first kappa shape index (κ1) is 22.5. The van der Waals surface area contributed by atoms with Gasteiger partial charge in [0.15, 0.2) is 0 Å². The lowest BCUT2D eigenvalue weighted by Gasteiger charge is -2.14. The van der Waals surface area contributed by atoms with E-state index in [-0.39, 0.29) is 12.1 Å². The molecule has 0 bridgehead atoms. The summed E-state index contributed by atoms with van der Waals surface area (Å²) in [5.74, 6) is 0.601. The molecule has 4 aromatic heterocycles. The van der Waals surface area contributed by atoms with Crippen molar-refractivity contribution < 1.29 is 4.74 Å². The van der Waals surface area contributed by atoms with E-state index in [1.165, 1.54) is 19.6 Å². The lowest BCUT2D eigenvalue weighted by Crippen LogP contribution is -2.39. The molecule has 0 radical (unpaired) electrons. The number of pyridine rings is 1.